The number of morpholine rings is 1. The molecule has 26 heavy (non-hydrogen) atoms. The maximum absolute atomic E-state index is 12.5. The SMILES string of the molecule is CC(C)(CNC(=O)c1ccc(CN2CCCC2=O)cc1)[NH+]1CCOCC1. The first-order chi connectivity index (χ1) is 12.5. The molecule has 0 unspecified atom stereocenters. The van der Waals surface area contributed by atoms with Crippen LogP contribution in [0, 0.1) is 0 Å². The van der Waals surface area contributed by atoms with Crippen molar-refractivity contribution in [2.24, 2.45) is 0 Å². The van der Waals surface area contributed by atoms with Gasteiger partial charge in [-0.25, -0.2) is 0 Å². The number of benzene rings is 1. The second kappa shape index (κ2) is 8.18. The Morgan fingerprint density at radius 2 is 1.92 bits per heavy atom. The van der Waals surface area contributed by atoms with E-state index >= 15 is 0 Å². The largest absolute Gasteiger partial charge is 0.370 e. The fourth-order valence-corrected chi connectivity index (χ4v) is 3.68. The molecule has 2 heterocycles. The van der Waals surface area contributed by atoms with Crippen molar-refractivity contribution in [1.82, 2.24) is 10.2 Å². The van der Waals surface area contributed by atoms with E-state index in [2.05, 4.69) is 19.2 Å². The minimum atomic E-state index is -0.0467. The van der Waals surface area contributed by atoms with Crippen LogP contribution in [0.5, 0.6) is 0 Å². The monoisotopic (exact) mass is 360 g/mol. The molecule has 2 amide bonds. The average Bonchev–Trinajstić information content (AvgIpc) is 3.06. The first kappa shape index (κ1) is 18.9. The zero-order chi connectivity index (χ0) is 18.6. The van der Waals surface area contributed by atoms with Crippen molar-refractivity contribution in [3.63, 3.8) is 0 Å². The van der Waals surface area contributed by atoms with E-state index in [9.17, 15) is 9.59 Å². The Balaban J connectivity index is 1.52. The highest BCUT2D eigenvalue weighted by Gasteiger charge is 2.32. The molecular weight excluding hydrogens is 330 g/mol. The van der Waals surface area contributed by atoms with Crippen molar-refractivity contribution < 1.29 is 19.2 Å². The summed E-state index contributed by atoms with van der Waals surface area (Å²) in [4.78, 5) is 27.5. The van der Waals surface area contributed by atoms with Gasteiger partial charge in [0.2, 0.25) is 5.91 Å². The van der Waals surface area contributed by atoms with Crippen molar-refractivity contribution in [3.05, 3.63) is 35.4 Å². The Morgan fingerprint density at radius 3 is 2.54 bits per heavy atom. The normalized spacial score (nSPS) is 19.0. The van der Waals surface area contributed by atoms with E-state index in [1.807, 2.05) is 29.2 Å². The topological polar surface area (TPSA) is 63.1 Å². The maximum atomic E-state index is 12.5. The Bertz CT molecular complexity index is 636. The molecular formula is C20H30N3O3+. The van der Waals surface area contributed by atoms with Gasteiger partial charge in [-0.15, -0.1) is 0 Å². The smallest absolute Gasteiger partial charge is 0.251 e. The van der Waals surface area contributed by atoms with Crippen LogP contribution < -0.4 is 10.2 Å². The standard InChI is InChI=1S/C20H29N3O3/c1-20(2,23-10-12-26-13-11-23)15-21-19(25)17-7-5-16(6-8-17)14-22-9-3-4-18(22)24/h5-8H,3-4,9-15H2,1-2H3,(H,21,25)/p+1. The van der Waals surface area contributed by atoms with Crippen LogP contribution in [0.1, 0.15) is 42.6 Å². The summed E-state index contributed by atoms with van der Waals surface area (Å²) in [5.41, 5.74) is 1.71. The summed E-state index contributed by atoms with van der Waals surface area (Å²) in [6, 6.07) is 7.58. The third-order valence-corrected chi connectivity index (χ3v) is 5.51. The van der Waals surface area contributed by atoms with Crippen LogP contribution in [-0.2, 0) is 16.1 Å². The van der Waals surface area contributed by atoms with Crippen molar-refractivity contribution in [2.75, 3.05) is 39.4 Å². The van der Waals surface area contributed by atoms with Crippen molar-refractivity contribution in [1.29, 1.82) is 0 Å². The lowest BCUT2D eigenvalue weighted by atomic mass is 10.0. The summed E-state index contributed by atoms with van der Waals surface area (Å²) in [5.74, 6) is 0.175. The molecule has 6 heteroatoms. The Morgan fingerprint density at radius 1 is 1.23 bits per heavy atom. The van der Waals surface area contributed by atoms with Gasteiger partial charge in [-0.1, -0.05) is 12.1 Å². The molecule has 2 aliphatic rings. The molecule has 0 saturated carbocycles. The third kappa shape index (κ3) is 4.62. The number of hydrogen-bond acceptors (Lipinski definition) is 3. The van der Waals surface area contributed by atoms with Gasteiger partial charge in [-0.3, -0.25) is 9.59 Å². The number of hydrogen-bond donors (Lipinski definition) is 2. The van der Waals surface area contributed by atoms with Gasteiger partial charge < -0.3 is 19.9 Å². The maximum Gasteiger partial charge on any atom is 0.251 e. The molecule has 6 nitrogen and oxygen atoms in total. The first-order valence-electron chi connectivity index (χ1n) is 9.53. The lowest BCUT2D eigenvalue weighted by Gasteiger charge is -2.37. The molecule has 0 atom stereocenters. The van der Waals surface area contributed by atoms with Crippen LogP contribution in [0.3, 0.4) is 0 Å². The summed E-state index contributed by atoms with van der Waals surface area (Å²) in [6.07, 6.45) is 1.60. The number of carbonyl (C=O) groups excluding carboxylic acids is 2. The molecule has 0 radical (unpaired) electrons. The summed E-state index contributed by atoms with van der Waals surface area (Å²) in [7, 11) is 0. The number of amides is 2. The van der Waals surface area contributed by atoms with Gasteiger partial charge in [-0.05, 0) is 38.0 Å². The van der Waals surface area contributed by atoms with Gasteiger partial charge in [-0.2, -0.15) is 0 Å². The van der Waals surface area contributed by atoms with Crippen LogP contribution in [0.15, 0.2) is 24.3 Å². The highest BCUT2D eigenvalue weighted by Crippen LogP contribution is 2.14. The fraction of sp³-hybridized carbons (Fsp3) is 0.600. The van der Waals surface area contributed by atoms with E-state index in [1.165, 1.54) is 4.90 Å². The fourth-order valence-electron chi connectivity index (χ4n) is 3.68. The minimum Gasteiger partial charge on any atom is -0.370 e. The number of carbonyl (C=O) groups is 2. The molecule has 2 saturated heterocycles. The van der Waals surface area contributed by atoms with Crippen LogP contribution in [0.25, 0.3) is 0 Å². The van der Waals surface area contributed by atoms with E-state index in [-0.39, 0.29) is 17.4 Å². The van der Waals surface area contributed by atoms with Gasteiger partial charge >= 0.3 is 0 Å². The lowest BCUT2D eigenvalue weighted by molar-refractivity contribution is -0.954. The Hall–Kier alpha value is -1.92. The minimum absolute atomic E-state index is 0.0184. The molecule has 1 aromatic rings. The molecule has 0 aromatic heterocycles. The van der Waals surface area contributed by atoms with Crippen LogP contribution in [0.4, 0.5) is 0 Å². The number of ether oxygens (including phenoxy) is 1. The first-order valence-corrected chi connectivity index (χ1v) is 9.53. The van der Waals surface area contributed by atoms with Crippen molar-refractivity contribution in [2.45, 2.75) is 38.8 Å². The molecule has 142 valence electrons. The van der Waals surface area contributed by atoms with E-state index in [0.29, 0.717) is 25.1 Å². The van der Waals surface area contributed by atoms with Gasteiger partial charge in [0, 0.05) is 25.1 Å². The second-order valence-electron chi connectivity index (χ2n) is 7.90. The summed E-state index contributed by atoms with van der Waals surface area (Å²) in [5, 5.41) is 3.07. The Labute approximate surface area is 155 Å². The Kier molecular flexibility index (Phi) is 5.94. The van der Waals surface area contributed by atoms with Crippen LogP contribution >= 0.6 is 0 Å². The van der Waals surface area contributed by atoms with E-state index in [4.69, 9.17) is 4.74 Å². The van der Waals surface area contributed by atoms with Gasteiger partial charge in [0.25, 0.3) is 5.91 Å². The molecule has 3 rings (SSSR count). The predicted molar refractivity (Wildman–Crippen MR) is 99.0 cm³/mol. The zero-order valence-corrected chi connectivity index (χ0v) is 15.8. The van der Waals surface area contributed by atoms with Crippen molar-refractivity contribution >= 4 is 11.8 Å². The van der Waals surface area contributed by atoms with E-state index in [1.54, 1.807) is 0 Å². The van der Waals surface area contributed by atoms with Crippen LogP contribution in [0.2, 0.25) is 0 Å². The number of nitrogens with one attached hydrogen (secondary N) is 2. The van der Waals surface area contributed by atoms with E-state index < -0.39 is 0 Å². The second-order valence-corrected chi connectivity index (χ2v) is 7.90. The van der Waals surface area contributed by atoms with Crippen molar-refractivity contribution in [3.8, 4) is 0 Å². The zero-order valence-electron chi connectivity index (χ0n) is 15.8. The number of rotatable bonds is 6. The molecule has 1 aromatic carbocycles. The molecule has 2 aliphatic heterocycles. The van der Waals surface area contributed by atoms with Gasteiger partial charge in [0.1, 0.15) is 18.6 Å². The molecule has 2 fully saturated rings. The average molecular weight is 360 g/mol. The number of likely N-dealkylation sites (tertiary alicyclic amines) is 1. The third-order valence-electron chi connectivity index (χ3n) is 5.51. The van der Waals surface area contributed by atoms with Crippen LogP contribution in [-0.4, -0.2) is 61.6 Å². The quantitative estimate of drug-likeness (QED) is 0.764. The van der Waals surface area contributed by atoms with Gasteiger partial charge in [0.15, 0.2) is 0 Å². The lowest BCUT2D eigenvalue weighted by Crippen LogP contribution is -3.22. The highest BCUT2D eigenvalue weighted by atomic mass is 16.5. The highest BCUT2D eigenvalue weighted by molar-refractivity contribution is 5.94. The van der Waals surface area contributed by atoms with E-state index in [0.717, 1.165) is 44.8 Å². The van der Waals surface area contributed by atoms with Gasteiger partial charge in [0.05, 0.1) is 19.8 Å². The molecule has 0 spiro atoms. The number of quaternary nitrogens is 1. The molecule has 2 N–H and O–H groups in total. The number of nitrogens with zero attached hydrogens (tertiary/aromatic N) is 1. The predicted octanol–water partition coefficient (Wildman–Crippen LogP) is 0.233. The summed E-state index contributed by atoms with van der Waals surface area (Å²) < 4.78 is 5.42. The molecule has 0 bridgehead atoms. The summed E-state index contributed by atoms with van der Waals surface area (Å²) in [6.45, 7) is 9.99. The summed E-state index contributed by atoms with van der Waals surface area (Å²) >= 11 is 0. The molecule has 0 aliphatic carbocycles.